The van der Waals surface area contributed by atoms with E-state index in [9.17, 15) is 18.4 Å². The van der Waals surface area contributed by atoms with Crippen molar-refractivity contribution in [2.24, 2.45) is 0 Å². The molecule has 0 fully saturated rings. The molecule has 1 aromatic carbocycles. The van der Waals surface area contributed by atoms with Gasteiger partial charge in [0, 0.05) is 4.88 Å². The Morgan fingerprint density at radius 3 is 2.50 bits per heavy atom. The van der Waals surface area contributed by atoms with Crippen LogP contribution in [0.2, 0.25) is 0 Å². The summed E-state index contributed by atoms with van der Waals surface area (Å²) in [6.45, 7) is 2.79. The van der Waals surface area contributed by atoms with Crippen molar-refractivity contribution in [3.8, 4) is 11.4 Å². The van der Waals surface area contributed by atoms with Gasteiger partial charge in [-0.2, -0.15) is 0 Å². The number of thiophene rings is 1. The molecule has 0 radical (unpaired) electrons. The lowest BCUT2D eigenvalue weighted by molar-refractivity contribution is -0.137. The minimum Gasteiger partial charge on any atom is -0.480 e. The van der Waals surface area contributed by atoms with Crippen LogP contribution in [-0.2, 0) is 11.3 Å². The van der Waals surface area contributed by atoms with Crippen molar-refractivity contribution in [1.29, 1.82) is 0 Å². The van der Waals surface area contributed by atoms with Gasteiger partial charge < -0.3 is 5.11 Å². The van der Waals surface area contributed by atoms with Gasteiger partial charge in [-0.15, -0.1) is 11.3 Å². The zero-order valence-corrected chi connectivity index (χ0v) is 13.6. The fourth-order valence-corrected chi connectivity index (χ4v) is 3.53. The van der Waals surface area contributed by atoms with E-state index < -0.39 is 35.3 Å². The molecule has 3 rings (SSSR count). The van der Waals surface area contributed by atoms with E-state index in [1.54, 1.807) is 13.8 Å². The average molecular weight is 350 g/mol. The van der Waals surface area contributed by atoms with Crippen molar-refractivity contribution in [3.63, 3.8) is 0 Å². The van der Waals surface area contributed by atoms with Gasteiger partial charge in [-0.05, 0) is 31.5 Å². The maximum Gasteiger partial charge on any atom is 0.323 e. The molecule has 0 saturated carbocycles. The van der Waals surface area contributed by atoms with E-state index in [2.05, 4.69) is 4.98 Å². The van der Waals surface area contributed by atoms with Crippen LogP contribution in [0.1, 0.15) is 10.4 Å². The van der Waals surface area contributed by atoms with Crippen LogP contribution in [0.5, 0.6) is 0 Å². The summed E-state index contributed by atoms with van der Waals surface area (Å²) in [6.07, 6.45) is 0. The molecule has 1 N–H and O–H groups in total. The third-order valence-corrected chi connectivity index (χ3v) is 4.87. The minimum atomic E-state index is -1.30. The van der Waals surface area contributed by atoms with Gasteiger partial charge in [-0.25, -0.2) is 13.8 Å². The Bertz CT molecular complexity index is 1020. The quantitative estimate of drug-likeness (QED) is 0.788. The van der Waals surface area contributed by atoms with E-state index in [4.69, 9.17) is 5.11 Å². The fourth-order valence-electron chi connectivity index (χ4n) is 2.51. The Hall–Kier alpha value is -2.61. The van der Waals surface area contributed by atoms with Crippen molar-refractivity contribution in [2.75, 3.05) is 0 Å². The van der Waals surface area contributed by atoms with Crippen LogP contribution in [0.25, 0.3) is 21.6 Å². The maximum atomic E-state index is 14.1. The third-order valence-electron chi connectivity index (χ3n) is 3.77. The van der Waals surface area contributed by atoms with Gasteiger partial charge in [0.1, 0.15) is 23.0 Å². The van der Waals surface area contributed by atoms with Crippen molar-refractivity contribution >= 4 is 27.5 Å². The molecule has 0 unspecified atom stereocenters. The SMILES string of the molecule is Cc1sc2nc(-c3c(F)cccc3F)n(CC(=O)O)c(=O)c2c1C. The topological polar surface area (TPSA) is 72.2 Å². The molecule has 0 bridgehead atoms. The zero-order chi connectivity index (χ0) is 17.6. The molecular formula is C16H12F2N2O3S. The number of halogens is 2. The molecule has 0 aliphatic heterocycles. The molecule has 0 amide bonds. The highest BCUT2D eigenvalue weighted by Gasteiger charge is 2.22. The molecule has 24 heavy (non-hydrogen) atoms. The highest BCUT2D eigenvalue weighted by molar-refractivity contribution is 7.18. The Morgan fingerprint density at radius 1 is 1.29 bits per heavy atom. The van der Waals surface area contributed by atoms with Crippen LogP contribution in [-0.4, -0.2) is 20.6 Å². The van der Waals surface area contributed by atoms with Crippen molar-refractivity contribution in [1.82, 2.24) is 9.55 Å². The van der Waals surface area contributed by atoms with Gasteiger partial charge in [-0.1, -0.05) is 6.07 Å². The number of carboxylic acid groups (broad SMARTS) is 1. The number of fused-ring (bicyclic) bond motifs is 1. The normalized spacial score (nSPS) is 11.2. The Morgan fingerprint density at radius 2 is 1.92 bits per heavy atom. The number of aliphatic carboxylic acids is 1. The summed E-state index contributed by atoms with van der Waals surface area (Å²) in [5.74, 6) is -3.46. The number of hydrogen-bond donors (Lipinski definition) is 1. The van der Waals surface area contributed by atoms with Gasteiger partial charge in [0.05, 0.1) is 10.9 Å². The standard InChI is InChI=1S/C16H12F2N2O3S/c1-7-8(2)24-15-12(7)16(23)20(6-11(21)22)14(19-15)13-9(17)4-3-5-10(13)18/h3-5H,6H2,1-2H3,(H,21,22). The summed E-state index contributed by atoms with van der Waals surface area (Å²) in [6, 6.07) is 3.25. The molecule has 8 heteroatoms. The molecule has 0 saturated heterocycles. The number of nitrogens with zero attached hydrogens (tertiary/aromatic N) is 2. The predicted octanol–water partition coefficient (Wildman–Crippen LogP) is 3.10. The molecule has 2 heterocycles. The molecule has 0 aliphatic rings. The largest absolute Gasteiger partial charge is 0.480 e. The van der Waals surface area contributed by atoms with E-state index in [1.165, 1.54) is 17.4 Å². The van der Waals surface area contributed by atoms with Crippen molar-refractivity contribution < 1.29 is 18.7 Å². The van der Waals surface area contributed by atoms with Crippen LogP contribution in [0.15, 0.2) is 23.0 Å². The number of aryl methyl sites for hydroxylation is 2. The summed E-state index contributed by atoms with van der Waals surface area (Å²) in [5, 5.41) is 9.35. The van der Waals surface area contributed by atoms with Crippen molar-refractivity contribution in [3.05, 3.63) is 50.6 Å². The molecule has 0 spiro atoms. The van der Waals surface area contributed by atoms with E-state index in [0.29, 0.717) is 10.4 Å². The van der Waals surface area contributed by atoms with E-state index in [-0.39, 0.29) is 11.2 Å². The van der Waals surface area contributed by atoms with Crippen LogP contribution in [0.3, 0.4) is 0 Å². The van der Waals surface area contributed by atoms with E-state index >= 15 is 0 Å². The lowest BCUT2D eigenvalue weighted by atomic mass is 10.1. The van der Waals surface area contributed by atoms with Gasteiger partial charge in [0.25, 0.3) is 5.56 Å². The van der Waals surface area contributed by atoms with Crippen molar-refractivity contribution in [2.45, 2.75) is 20.4 Å². The van der Waals surface area contributed by atoms with Crippen LogP contribution < -0.4 is 5.56 Å². The minimum absolute atomic E-state index is 0.277. The number of carboxylic acids is 1. The molecule has 2 aromatic heterocycles. The van der Waals surface area contributed by atoms with Crippen LogP contribution in [0, 0.1) is 25.5 Å². The second-order valence-corrected chi connectivity index (χ2v) is 6.48. The monoisotopic (exact) mass is 350 g/mol. The highest BCUT2D eigenvalue weighted by Crippen LogP contribution is 2.30. The molecular weight excluding hydrogens is 338 g/mol. The lowest BCUT2D eigenvalue weighted by Crippen LogP contribution is -2.27. The molecule has 124 valence electrons. The Balaban J connectivity index is 2.47. The first-order valence-electron chi connectivity index (χ1n) is 6.98. The fraction of sp³-hybridized carbons (Fsp3) is 0.188. The number of rotatable bonds is 3. The van der Waals surface area contributed by atoms with Gasteiger partial charge in [0.15, 0.2) is 5.82 Å². The van der Waals surface area contributed by atoms with Gasteiger partial charge in [0.2, 0.25) is 0 Å². The van der Waals surface area contributed by atoms with Gasteiger partial charge >= 0.3 is 5.97 Å². The second kappa shape index (κ2) is 5.79. The number of hydrogen-bond acceptors (Lipinski definition) is 4. The summed E-state index contributed by atoms with van der Waals surface area (Å²) < 4.78 is 29.1. The number of aromatic nitrogens is 2. The van der Waals surface area contributed by atoms with Gasteiger partial charge in [-0.3, -0.25) is 14.2 Å². The first-order chi connectivity index (χ1) is 11.3. The highest BCUT2D eigenvalue weighted by atomic mass is 32.1. The first-order valence-corrected chi connectivity index (χ1v) is 7.79. The number of carbonyl (C=O) groups is 1. The summed E-state index contributed by atoms with van der Waals surface area (Å²) in [7, 11) is 0. The van der Waals surface area contributed by atoms with Crippen LogP contribution in [0.4, 0.5) is 8.78 Å². The molecule has 0 atom stereocenters. The predicted molar refractivity (Wildman–Crippen MR) is 86.3 cm³/mol. The zero-order valence-electron chi connectivity index (χ0n) is 12.8. The Kier molecular flexibility index (Phi) is 3.92. The van der Waals surface area contributed by atoms with E-state index in [0.717, 1.165) is 21.6 Å². The van der Waals surface area contributed by atoms with E-state index in [1.807, 2.05) is 0 Å². The summed E-state index contributed by atoms with van der Waals surface area (Å²) >= 11 is 1.22. The average Bonchev–Trinajstić information content (AvgIpc) is 2.77. The summed E-state index contributed by atoms with van der Waals surface area (Å²) in [4.78, 5) is 29.2. The summed E-state index contributed by atoms with van der Waals surface area (Å²) in [5.41, 5.74) is -0.449. The lowest BCUT2D eigenvalue weighted by Gasteiger charge is -2.12. The maximum absolute atomic E-state index is 14.1. The smallest absolute Gasteiger partial charge is 0.323 e. The Labute approximate surface area is 138 Å². The van der Waals surface area contributed by atoms with Crippen LogP contribution >= 0.6 is 11.3 Å². The third kappa shape index (κ3) is 2.48. The molecule has 0 aliphatic carbocycles. The number of benzene rings is 1. The molecule has 3 aromatic rings. The second-order valence-electron chi connectivity index (χ2n) is 5.28. The first kappa shape index (κ1) is 16.3. The molecule has 5 nitrogen and oxygen atoms in total.